The normalized spacial score (nSPS) is 11.2. The van der Waals surface area contributed by atoms with Gasteiger partial charge in [-0.1, -0.05) is 18.2 Å². The Morgan fingerprint density at radius 2 is 1.74 bits per heavy atom. The van der Waals surface area contributed by atoms with Crippen molar-refractivity contribution in [1.29, 1.82) is 0 Å². The highest BCUT2D eigenvalue weighted by molar-refractivity contribution is 5.99. The minimum Gasteiger partial charge on any atom is -0.497 e. The van der Waals surface area contributed by atoms with Gasteiger partial charge in [0.05, 0.1) is 18.5 Å². The lowest BCUT2D eigenvalue weighted by Gasteiger charge is -2.06. The predicted octanol–water partition coefficient (Wildman–Crippen LogP) is 3.84. The molecule has 0 unspecified atom stereocenters. The summed E-state index contributed by atoms with van der Waals surface area (Å²) < 4.78 is 5.14. The van der Waals surface area contributed by atoms with E-state index in [4.69, 9.17) is 4.74 Å². The molecule has 0 aromatic heterocycles. The summed E-state index contributed by atoms with van der Waals surface area (Å²) in [4.78, 5) is 0. The summed E-state index contributed by atoms with van der Waals surface area (Å²) in [7, 11) is 1.66. The van der Waals surface area contributed by atoms with E-state index in [0.717, 1.165) is 22.7 Å². The largest absolute Gasteiger partial charge is 0.497 e. The van der Waals surface area contributed by atoms with Crippen molar-refractivity contribution in [3.05, 3.63) is 59.7 Å². The van der Waals surface area contributed by atoms with Gasteiger partial charge >= 0.3 is 0 Å². The highest BCUT2D eigenvalue weighted by Crippen LogP contribution is 2.15. The molecule has 0 amide bonds. The van der Waals surface area contributed by atoms with Crippen LogP contribution in [0, 0.1) is 6.92 Å². The van der Waals surface area contributed by atoms with Gasteiger partial charge in [0, 0.05) is 0 Å². The third-order valence-corrected chi connectivity index (χ3v) is 3.00. The average Bonchev–Trinajstić information content (AvgIpc) is 2.46. The second-order valence-electron chi connectivity index (χ2n) is 4.35. The van der Waals surface area contributed by atoms with Gasteiger partial charge in [-0.25, -0.2) is 0 Å². The monoisotopic (exact) mass is 254 g/mol. The molecule has 0 fully saturated rings. The van der Waals surface area contributed by atoms with Crippen molar-refractivity contribution in [2.75, 3.05) is 12.5 Å². The highest BCUT2D eigenvalue weighted by Gasteiger charge is 1.99. The molecule has 1 N–H and O–H groups in total. The minimum absolute atomic E-state index is 0.850. The minimum atomic E-state index is 0.850. The lowest BCUT2D eigenvalue weighted by molar-refractivity contribution is 0.415. The predicted molar refractivity (Wildman–Crippen MR) is 80.0 cm³/mol. The van der Waals surface area contributed by atoms with Crippen molar-refractivity contribution in [2.45, 2.75) is 13.8 Å². The number of methoxy groups -OCH3 is 1. The van der Waals surface area contributed by atoms with E-state index in [0.29, 0.717) is 0 Å². The molecule has 0 aliphatic heterocycles. The molecule has 2 rings (SSSR count). The number of para-hydroxylation sites is 1. The van der Waals surface area contributed by atoms with Gasteiger partial charge in [-0.05, 0) is 55.3 Å². The van der Waals surface area contributed by atoms with Crippen molar-refractivity contribution in [3.8, 4) is 5.75 Å². The van der Waals surface area contributed by atoms with Gasteiger partial charge in [-0.3, -0.25) is 5.43 Å². The van der Waals surface area contributed by atoms with E-state index in [1.165, 1.54) is 5.56 Å². The molecule has 19 heavy (non-hydrogen) atoms. The van der Waals surface area contributed by atoms with Crippen molar-refractivity contribution >= 4 is 11.4 Å². The molecule has 0 saturated carbocycles. The van der Waals surface area contributed by atoms with Crippen LogP contribution in [-0.4, -0.2) is 12.8 Å². The Kier molecular flexibility index (Phi) is 4.18. The molecule has 0 heterocycles. The molecule has 0 atom stereocenters. The van der Waals surface area contributed by atoms with Crippen LogP contribution in [0.2, 0.25) is 0 Å². The topological polar surface area (TPSA) is 33.6 Å². The van der Waals surface area contributed by atoms with Crippen molar-refractivity contribution < 1.29 is 4.74 Å². The molecular weight excluding hydrogens is 236 g/mol. The molecule has 2 aromatic rings. The van der Waals surface area contributed by atoms with Crippen molar-refractivity contribution in [3.63, 3.8) is 0 Å². The van der Waals surface area contributed by atoms with Gasteiger partial charge in [-0.15, -0.1) is 0 Å². The summed E-state index contributed by atoms with van der Waals surface area (Å²) in [5.74, 6) is 0.850. The second kappa shape index (κ2) is 6.05. The average molecular weight is 254 g/mol. The van der Waals surface area contributed by atoms with Crippen molar-refractivity contribution in [1.82, 2.24) is 0 Å². The number of aryl methyl sites for hydroxylation is 1. The molecule has 0 radical (unpaired) electrons. The maximum atomic E-state index is 5.14. The van der Waals surface area contributed by atoms with Crippen molar-refractivity contribution in [2.24, 2.45) is 5.10 Å². The first-order valence-corrected chi connectivity index (χ1v) is 6.21. The molecule has 3 heteroatoms. The SMILES string of the molecule is COc1ccc(/C(C)=N\Nc2ccccc2C)cc1. The molecule has 0 aliphatic rings. The number of nitrogens with zero attached hydrogens (tertiary/aromatic N) is 1. The van der Waals surface area contributed by atoms with Gasteiger partial charge in [0.2, 0.25) is 0 Å². The molecule has 0 bridgehead atoms. The maximum absolute atomic E-state index is 5.14. The van der Waals surface area contributed by atoms with Crippen LogP contribution < -0.4 is 10.2 Å². The number of hydrogen-bond donors (Lipinski definition) is 1. The molecular formula is C16H18N2O. The maximum Gasteiger partial charge on any atom is 0.118 e. The number of benzene rings is 2. The summed E-state index contributed by atoms with van der Waals surface area (Å²) in [5, 5.41) is 4.41. The van der Waals surface area contributed by atoms with Gasteiger partial charge in [0.25, 0.3) is 0 Å². The van der Waals surface area contributed by atoms with E-state index < -0.39 is 0 Å². The molecule has 0 aliphatic carbocycles. The van der Waals surface area contributed by atoms with Gasteiger partial charge in [0.15, 0.2) is 0 Å². The summed E-state index contributed by atoms with van der Waals surface area (Å²) in [5.41, 5.74) is 7.30. The van der Waals surface area contributed by atoms with Gasteiger partial charge < -0.3 is 4.74 Å². The Morgan fingerprint density at radius 1 is 1.05 bits per heavy atom. The Balaban J connectivity index is 2.12. The molecule has 2 aromatic carbocycles. The zero-order valence-electron chi connectivity index (χ0n) is 11.5. The van der Waals surface area contributed by atoms with Crippen LogP contribution in [0.4, 0.5) is 5.69 Å². The van der Waals surface area contributed by atoms with E-state index in [1.807, 2.05) is 49.4 Å². The Morgan fingerprint density at radius 3 is 2.37 bits per heavy atom. The van der Waals surface area contributed by atoms with Gasteiger partial charge in [-0.2, -0.15) is 5.10 Å². The number of nitrogens with one attached hydrogen (secondary N) is 1. The molecule has 3 nitrogen and oxygen atoms in total. The number of ether oxygens (including phenoxy) is 1. The van der Waals surface area contributed by atoms with Gasteiger partial charge in [0.1, 0.15) is 5.75 Å². The lowest BCUT2D eigenvalue weighted by Crippen LogP contribution is -2.00. The van der Waals surface area contributed by atoms with E-state index in [-0.39, 0.29) is 0 Å². The number of hydrazone groups is 1. The zero-order chi connectivity index (χ0) is 13.7. The van der Waals surface area contributed by atoms with Crippen LogP contribution in [0.15, 0.2) is 53.6 Å². The number of rotatable bonds is 4. The third kappa shape index (κ3) is 3.35. The summed E-state index contributed by atoms with van der Waals surface area (Å²) >= 11 is 0. The number of hydrogen-bond acceptors (Lipinski definition) is 3. The van der Waals surface area contributed by atoms with E-state index in [9.17, 15) is 0 Å². The molecule has 98 valence electrons. The fraction of sp³-hybridized carbons (Fsp3) is 0.188. The lowest BCUT2D eigenvalue weighted by atomic mass is 10.1. The standard InChI is InChI=1S/C16H18N2O/c1-12-6-4-5-7-16(12)18-17-13(2)14-8-10-15(19-3)11-9-14/h4-11,18H,1-3H3/b17-13-. The molecule has 0 spiro atoms. The fourth-order valence-corrected chi connectivity index (χ4v) is 1.74. The highest BCUT2D eigenvalue weighted by atomic mass is 16.5. The summed E-state index contributed by atoms with van der Waals surface area (Å²) in [6.07, 6.45) is 0. The third-order valence-electron chi connectivity index (χ3n) is 3.00. The van der Waals surface area contributed by atoms with Crippen LogP contribution >= 0.6 is 0 Å². The first-order valence-electron chi connectivity index (χ1n) is 6.21. The Bertz CT molecular complexity index is 574. The van der Waals surface area contributed by atoms with Crippen LogP contribution in [0.3, 0.4) is 0 Å². The van der Waals surface area contributed by atoms with E-state index in [1.54, 1.807) is 7.11 Å². The fourth-order valence-electron chi connectivity index (χ4n) is 1.74. The smallest absolute Gasteiger partial charge is 0.118 e. The second-order valence-corrected chi connectivity index (χ2v) is 4.35. The molecule has 0 saturated heterocycles. The zero-order valence-corrected chi connectivity index (χ0v) is 11.5. The number of anilines is 1. The Hall–Kier alpha value is -2.29. The Labute approximate surface area is 113 Å². The van der Waals surface area contributed by atoms with Crippen LogP contribution in [-0.2, 0) is 0 Å². The first-order chi connectivity index (χ1) is 9.20. The summed E-state index contributed by atoms with van der Waals surface area (Å²) in [6, 6.07) is 15.9. The van der Waals surface area contributed by atoms with E-state index >= 15 is 0 Å². The van der Waals surface area contributed by atoms with Crippen LogP contribution in [0.25, 0.3) is 0 Å². The van der Waals surface area contributed by atoms with E-state index in [2.05, 4.69) is 23.5 Å². The quantitative estimate of drug-likeness (QED) is 0.664. The summed E-state index contributed by atoms with van der Waals surface area (Å²) in [6.45, 7) is 4.04. The first kappa shape index (κ1) is 13.1. The van der Waals surface area contributed by atoms with Crippen LogP contribution in [0.5, 0.6) is 5.75 Å². The van der Waals surface area contributed by atoms with Crippen LogP contribution in [0.1, 0.15) is 18.1 Å².